The van der Waals surface area contributed by atoms with Crippen LogP contribution in [0.2, 0.25) is 0 Å². The summed E-state index contributed by atoms with van der Waals surface area (Å²) >= 11 is 6.84. The molecule has 2 aromatic rings. The van der Waals surface area contributed by atoms with E-state index in [0.29, 0.717) is 12.2 Å². The normalized spacial score (nSPS) is 13.3. The Morgan fingerprint density at radius 2 is 2.07 bits per heavy atom. The van der Waals surface area contributed by atoms with Crippen molar-refractivity contribution >= 4 is 42.8 Å². The van der Waals surface area contributed by atoms with E-state index in [1.54, 1.807) is 0 Å². The first-order valence-electron chi connectivity index (χ1n) is 4.68. The van der Waals surface area contributed by atoms with Gasteiger partial charge >= 0.3 is 0 Å². The summed E-state index contributed by atoms with van der Waals surface area (Å²) in [5.74, 6) is 0.617. The number of benzene rings is 1. The molecule has 2 rings (SSSR count). The van der Waals surface area contributed by atoms with Gasteiger partial charge in [0, 0.05) is 9.86 Å². The van der Waals surface area contributed by atoms with Crippen LogP contribution in [0.5, 0.6) is 0 Å². The Balaban J connectivity index is 2.60. The minimum Gasteiger partial charge on any atom is -0.457 e. The molecule has 0 radical (unpaired) electrons. The molecule has 15 heavy (non-hydrogen) atoms. The van der Waals surface area contributed by atoms with Gasteiger partial charge in [-0.25, -0.2) is 0 Å². The molecule has 0 fully saturated rings. The largest absolute Gasteiger partial charge is 0.457 e. The van der Waals surface area contributed by atoms with Crippen molar-refractivity contribution in [2.45, 2.75) is 19.4 Å². The summed E-state index contributed by atoms with van der Waals surface area (Å²) in [5.41, 5.74) is 0.778. The third-order valence-electron chi connectivity index (χ3n) is 2.27. The van der Waals surface area contributed by atoms with Gasteiger partial charge in [0.15, 0.2) is 0 Å². The SMILES string of the molecule is CCC(O)c1cc2cc(Br)cc(Br)c2o1. The highest BCUT2D eigenvalue weighted by Gasteiger charge is 2.13. The molecule has 0 spiro atoms. The molecular weight excluding hydrogens is 324 g/mol. The van der Waals surface area contributed by atoms with Crippen LogP contribution in [-0.2, 0) is 0 Å². The average Bonchev–Trinajstić information content (AvgIpc) is 2.60. The zero-order chi connectivity index (χ0) is 11.0. The molecule has 80 valence electrons. The van der Waals surface area contributed by atoms with Crippen molar-refractivity contribution in [1.29, 1.82) is 0 Å². The van der Waals surface area contributed by atoms with E-state index < -0.39 is 6.10 Å². The summed E-state index contributed by atoms with van der Waals surface area (Å²) in [7, 11) is 0. The molecule has 1 aromatic heterocycles. The second-order valence-electron chi connectivity index (χ2n) is 3.38. The van der Waals surface area contributed by atoms with Crippen molar-refractivity contribution in [1.82, 2.24) is 0 Å². The van der Waals surface area contributed by atoms with Gasteiger partial charge in [0.1, 0.15) is 17.4 Å². The van der Waals surface area contributed by atoms with Crippen molar-refractivity contribution < 1.29 is 9.52 Å². The molecule has 0 saturated carbocycles. The summed E-state index contributed by atoms with van der Waals surface area (Å²) in [4.78, 5) is 0. The maximum atomic E-state index is 9.67. The van der Waals surface area contributed by atoms with E-state index in [9.17, 15) is 5.11 Å². The predicted molar refractivity (Wildman–Crippen MR) is 66.9 cm³/mol. The molecule has 1 unspecified atom stereocenters. The number of aliphatic hydroxyl groups is 1. The molecule has 0 aliphatic rings. The summed E-state index contributed by atoms with van der Waals surface area (Å²) in [6.07, 6.45) is 0.126. The fourth-order valence-electron chi connectivity index (χ4n) is 1.46. The molecule has 0 bridgehead atoms. The van der Waals surface area contributed by atoms with Crippen molar-refractivity contribution in [3.63, 3.8) is 0 Å². The Labute approximate surface area is 105 Å². The van der Waals surface area contributed by atoms with E-state index in [2.05, 4.69) is 31.9 Å². The van der Waals surface area contributed by atoms with Gasteiger partial charge in [-0.1, -0.05) is 22.9 Å². The number of rotatable bonds is 2. The van der Waals surface area contributed by atoms with Crippen molar-refractivity contribution in [3.05, 3.63) is 32.9 Å². The number of fused-ring (bicyclic) bond motifs is 1. The van der Waals surface area contributed by atoms with Gasteiger partial charge in [-0.2, -0.15) is 0 Å². The maximum Gasteiger partial charge on any atom is 0.148 e. The standard InChI is InChI=1S/C11H10Br2O2/c1-2-9(14)10-4-6-3-7(12)5-8(13)11(6)15-10/h3-5,9,14H,2H2,1H3. The van der Waals surface area contributed by atoms with Gasteiger partial charge in [-0.15, -0.1) is 0 Å². The van der Waals surface area contributed by atoms with Gasteiger partial charge in [-0.05, 0) is 40.5 Å². The molecular formula is C11H10Br2O2. The third-order valence-corrected chi connectivity index (χ3v) is 3.32. The van der Waals surface area contributed by atoms with Crippen LogP contribution in [0.4, 0.5) is 0 Å². The van der Waals surface area contributed by atoms with Gasteiger partial charge in [-0.3, -0.25) is 0 Å². The van der Waals surface area contributed by atoms with Crippen molar-refractivity contribution in [2.75, 3.05) is 0 Å². The van der Waals surface area contributed by atoms with E-state index in [4.69, 9.17) is 4.42 Å². The highest BCUT2D eigenvalue weighted by molar-refractivity contribution is 9.11. The Morgan fingerprint density at radius 1 is 1.33 bits per heavy atom. The van der Waals surface area contributed by atoms with Crippen LogP contribution in [0.25, 0.3) is 11.0 Å². The molecule has 0 aliphatic heterocycles. The highest BCUT2D eigenvalue weighted by atomic mass is 79.9. The monoisotopic (exact) mass is 332 g/mol. The topological polar surface area (TPSA) is 33.4 Å². The molecule has 4 heteroatoms. The lowest BCUT2D eigenvalue weighted by atomic mass is 10.2. The fourth-order valence-corrected chi connectivity index (χ4v) is 2.80. The minimum absolute atomic E-state index is 0.525. The molecule has 0 saturated heterocycles. The fraction of sp³-hybridized carbons (Fsp3) is 0.273. The molecule has 1 N–H and O–H groups in total. The Kier molecular flexibility index (Phi) is 3.19. The quantitative estimate of drug-likeness (QED) is 0.883. The molecule has 1 atom stereocenters. The number of hydrogen-bond donors (Lipinski definition) is 1. The minimum atomic E-state index is -0.525. The van der Waals surface area contributed by atoms with E-state index in [1.165, 1.54) is 0 Å². The van der Waals surface area contributed by atoms with Crippen LogP contribution in [0.3, 0.4) is 0 Å². The molecule has 2 nitrogen and oxygen atoms in total. The Hall–Kier alpha value is -0.320. The Morgan fingerprint density at radius 3 is 2.73 bits per heavy atom. The smallest absolute Gasteiger partial charge is 0.148 e. The number of aliphatic hydroxyl groups excluding tert-OH is 1. The van der Waals surface area contributed by atoms with E-state index >= 15 is 0 Å². The van der Waals surface area contributed by atoms with Crippen molar-refractivity contribution in [2.24, 2.45) is 0 Å². The first-order chi connectivity index (χ1) is 7.11. The first kappa shape index (κ1) is 11.2. The average molecular weight is 334 g/mol. The zero-order valence-corrected chi connectivity index (χ0v) is 11.3. The lowest BCUT2D eigenvalue weighted by molar-refractivity contribution is 0.148. The lowest BCUT2D eigenvalue weighted by Crippen LogP contribution is -1.90. The number of halogens is 2. The number of hydrogen-bond acceptors (Lipinski definition) is 2. The second-order valence-corrected chi connectivity index (χ2v) is 5.15. The van der Waals surface area contributed by atoms with Crippen LogP contribution in [0.15, 0.2) is 31.6 Å². The van der Waals surface area contributed by atoms with Crippen LogP contribution < -0.4 is 0 Å². The van der Waals surface area contributed by atoms with Gasteiger partial charge in [0.25, 0.3) is 0 Å². The molecule has 1 aromatic carbocycles. The van der Waals surface area contributed by atoms with E-state index in [1.807, 2.05) is 25.1 Å². The van der Waals surface area contributed by atoms with Gasteiger partial charge in [0.2, 0.25) is 0 Å². The van der Waals surface area contributed by atoms with Gasteiger partial charge < -0.3 is 9.52 Å². The van der Waals surface area contributed by atoms with Gasteiger partial charge in [0.05, 0.1) is 4.47 Å². The zero-order valence-electron chi connectivity index (χ0n) is 8.13. The van der Waals surface area contributed by atoms with Crippen LogP contribution in [-0.4, -0.2) is 5.11 Å². The Bertz CT molecular complexity index is 491. The summed E-state index contributed by atoms with van der Waals surface area (Å²) in [6, 6.07) is 5.77. The summed E-state index contributed by atoms with van der Waals surface area (Å²) in [5, 5.41) is 10.7. The molecule has 0 amide bonds. The molecule has 1 heterocycles. The van der Waals surface area contributed by atoms with Crippen LogP contribution in [0, 0.1) is 0 Å². The van der Waals surface area contributed by atoms with Crippen LogP contribution >= 0.6 is 31.9 Å². The second kappa shape index (κ2) is 4.28. The summed E-state index contributed by atoms with van der Waals surface area (Å²) in [6.45, 7) is 1.92. The third kappa shape index (κ3) is 2.12. The lowest BCUT2D eigenvalue weighted by Gasteiger charge is -2.01. The predicted octanol–water partition coefficient (Wildman–Crippen LogP) is 4.40. The van der Waals surface area contributed by atoms with E-state index in [-0.39, 0.29) is 0 Å². The molecule has 0 aliphatic carbocycles. The highest BCUT2D eigenvalue weighted by Crippen LogP contribution is 2.33. The summed E-state index contributed by atoms with van der Waals surface area (Å²) < 4.78 is 7.47. The number of furan rings is 1. The van der Waals surface area contributed by atoms with E-state index in [0.717, 1.165) is 19.9 Å². The van der Waals surface area contributed by atoms with Crippen LogP contribution in [0.1, 0.15) is 25.2 Å². The maximum absolute atomic E-state index is 9.67. The van der Waals surface area contributed by atoms with Crippen molar-refractivity contribution in [3.8, 4) is 0 Å². The first-order valence-corrected chi connectivity index (χ1v) is 6.27.